The van der Waals surface area contributed by atoms with Crippen molar-refractivity contribution < 1.29 is 22.4 Å². The Morgan fingerprint density at radius 1 is 0.867 bits per heavy atom. The van der Waals surface area contributed by atoms with Gasteiger partial charge in [0.25, 0.3) is 0 Å². The third-order valence-corrected chi connectivity index (χ3v) is 8.31. The van der Waals surface area contributed by atoms with Crippen LogP contribution in [0.5, 0.6) is 0 Å². The Hall–Kier alpha value is -1.81. The number of amides is 2. The van der Waals surface area contributed by atoms with Gasteiger partial charge in [0.05, 0.1) is 11.7 Å². The Balaban J connectivity index is 1.37. The lowest BCUT2D eigenvalue weighted by molar-refractivity contribution is -0.147. The topological polar surface area (TPSA) is 114 Å². The van der Waals surface area contributed by atoms with E-state index in [-0.39, 0.29) is 30.0 Å². The number of likely N-dealkylation sites (tertiary alicyclic amines) is 1. The van der Waals surface area contributed by atoms with Crippen molar-refractivity contribution in [1.29, 1.82) is 0 Å². The minimum atomic E-state index is -3.59. The molecule has 0 bridgehead atoms. The molecular formula is C20H30N4O5S. The van der Waals surface area contributed by atoms with Gasteiger partial charge in [-0.2, -0.15) is 0 Å². The summed E-state index contributed by atoms with van der Waals surface area (Å²) >= 11 is 0. The summed E-state index contributed by atoms with van der Waals surface area (Å²) in [5, 5.41) is 8.49. The first-order chi connectivity index (χ1) is 14.4. The molecule has 0 aromatic carbocycles. The molecule has 9 nitrogen and oxygen atoms in total. The molecule has 3 aliphatic rings. The summed E-state index contributed by atoms with van der Waals surface area (Å²) in [6.07, 6.45) is 8.43. The van der Waals surface area contributed by atoms with Gasteiger partial charge in [0.2, 0.25) is 33.6 Å². The van der Waals surface area contributed by atoms with Gasteiger partial charge in [0, 0.05) is 38.4 Å². The quantitative estimate of drug-likeness (QED) is 0.625. The van der Waals surface area contributed by atoms with E-state index in [1.54, 1.807) is 0 Å². The molecule has 166 valence electrons. The van der Waals surface area contributed by atoms with E-state index in [9.17, 15) is 18.0 Å². The third-order valence-electron chi connectivity index (χ3n) is 6.49. The third kappa shape index (κ3) is 4.74. The molecule has 3 fully saturated rings. The highest BCUT2D eigenvalue weighted by Gasteiger charge is 2.34. The molecule has 2 aliphatic heterocycles. The molecule has 1 aromatic heterocycles. The van der Waals surface area contributed by atoms with Gasteiger partial charge in [-0.3, -0.25) is 14.5 Å². The predicted octanol–water partition coefficient (Wildman–Crippen LogP) is 2.17. The van der Waals surface area contributed by atoms with E-state index in [4.69, 9.17) is 4.42 Å². The van der Waals surface area contributed by atoms with Gasteiger partial charge in [0.15, 0.2) is 0 Å². The summed E-state index contributed by atoms with van der Waals surface area (Å²) < 4.78 is 33.2. The standard InChI is InChI=1S/C20H30N4O5S/c25-17-9-4-10-18(26)24(17)12-13-30(27,28)23-11-5-8-16(14-23)20-22-21-19(29-20)15-6-2-1-3-7-15/h15-16H,1-14H2. The Morgan fingerprint density at radius 3 is 2.20 bits per heavy atom. The number of hydrogen-bond acceptors (Lipinski definition) is 7. The van der Waals surface area contributed by atoms with Gasteiger partial charge in [-0.05, 0) is 32.1 Å². The first kappa shape index (κ1) is 21.4. The number of hydrogen-bond donors (Lipinski definition) is 0. The summed E-state index contributed by atoms with van der Waals surface area (Å²) in [5.74, 6) is 0.621. The van der Waals surface area contributed by atoms with Crippen molar-refractivity contribution in [2.24, 2.45) is 0 Å². The van der Waals surface area contributed by atoms with Crippen molar-refractivity contribution in [3.63, 3.8) is 0 Å². The smallest absolute Gasteiger partial charge is 0.229 e. The average molecular weight is 439 g/mol. The molecule has 1 saturated carbocycles. The zero-order valence-corrected chi connectivity index (χ0v) is 18.1. The predicted molar refractivity (Wildman–Crippen MR) is 108 cm³/mol. The fourth-order valence-electron chi connectivity index (χ4n) is 4.71. The van der Waals surface area contributed by atoms with Crippen LogP contribution in [0.15, 0.2) is 4.42 Å². The highest BCUT2D eigenvalue weighted by Crippen LogP contribution is 2.34. The summed E-state index contributed by atoms with van der Waals surface area (Å²) in [6.45, 7) is 0.661. The van der Waals surface area contributed by atoms with Crippen LogP contribution in [0.1, 0.15) is 87.8 Å². The molecule has 3 heterocycles. The van der Waals surface area contributed by atoms with E-state index in [2.05, 4.69) is 10.2 Å². The molecule has 0 spiro atoms. The van der Waals surface area contributed by atoms with Crippen LogP contribution in [-0.2, 0) is 19.6 Å². The number of imide groups is 1. The lowest BCUT2D eigenvalue weighted by Crippen LogP contribution is -2.46. The molecule has 1 unspecified atom stereocenters. The number of sulfonamides is 1. The number of carbonyl (C=O) groups excluding carboxylic acids is 2. The molecular weight excluding hydrogens is 408 g/mol. The zero-order valence-electron chi connectivity index (χ0n) is 17.3. The van der Waals surface area contributed by atoms with E-state index in [0.717, 1.165) is 24.2 Å². The molecule has 1 aromatic rings. The van der Waals surface area contributed by atoms with Crippen molar-refractivity contribution in [2.75, 3.05) is 25.4 Å². The highest BCUT2D eigenvalue weighted by atomic mass is 32.2. The Bertz CT molecular complexity index is 862. The lowest BCUT2D eigenvalue weighted by Gasteiger charge is -2.31. The van der Waals surface area contributed by atoms with Crippen molar-refractivity contribution in [3.05, 3.63) is 11.8 Å². The van der Waals surface area contributed by atoms with E-state index in [1.807, 2.05) is 0 Å². The van der Waals surface area contributed by atoms with Gasteiger partial charge >= 0.3 is 0 Å². The zero-order chi connectivity index (χ0) is 21.1. The Labute approximate surface area is 177 Å². The van der Waals surface area contributed by atoms with Crippen molar-refractivity contribution >= 4 is 21.8 Å². The minimum absolute atomic E-state index is 0.0758. The van der Waals surface area contributed by atoms with Gasteiger partial charge in [0.1, 0.15) is 0 Å². The number of aromatic nitrogens is 2. The Morgan fingerprint density at radius 2 is 1.50 bits per heavy atom. The van der Waals surface area contributed by atoms with E-state index in [1.165, 1.54) is 23.6 Å². The van der Waals surface area contributed by atoms with Crippen LogP contribution >= 0.6 is 0 Å². The van der Waals surface area contributed by atoms with Crippen LogP contribution in [0.25, 0.3) is 0 Å². The van der Waals surface area contributed by atoms with Crippen LogP contribution in [0, 0.1) is 0 Å². The molecule has 1 aliphatic carbocycles. The fourth-order valence-corrected chi connectivity index (χ4v) is 6.19. The first-order valence-corrected chi connectivity index (χ1v) is 12.7. The largest absolute Gasteiger partial charge is 0.425 e. The molecule has 1 atom stereocenters. The van der Waals surface area contributed by atoms with Gasteiger partial charge < -0.3 is 4.42 Å². The molecule has 0 radical (unpaired) electrons. The van der Waals surface area contributed by atoms with Crippen molar-refractivity contribution in [1.82, 2.24) is 19.4 Å². The van der Waals surface area contributed by atoms with E-state index >= 15 is 0 Å². The summed E-state index contributed by atoms with van der Waals surface area (Å²) in [5.41, 5.74) is 0. The van der Waals surface area contributed by atoms with Crippen molar-refractivity contribution in [2.45, 2.75) is 76.0 Å². The normalized spacial score (nSPS) is 25.1. The SMILES string of the molecule is O=C1CCCC(=O)N1CCS(=O)(=O)N1CCCC(c2nnc(C3CCCCC3)o2)C1. The first-order valence-electron chi connectivity index (χ1n) is 11.1. The summed E-state index contributed by atoms with van der Waals surface area (Å²) in [7, 11) is -3.59. The highest BCUT2D eigenvalue weighted by molar-refractivity contribution is 7.89. The lowest BCUT2D eigenvalue weighted by atomic mass is 9.89. The number of piperidine rings is 2. The van der Waals surface area contributed by atoms with E-state index < -0.39 is 10.0 Å². The molecule has 4 rings (SSSR count). The summed E-state index contributed by atoms with van der Waals surface area (Å²) in [4.78, 5) is 25.0. The number of carbonyl (C=O) groups is 2. The molecule has 10 heteroatoms. The molecule has 2 saturated heterocycles. The number of nitrogens with zero attached hydrogens (tertiary/aromatic N) is 4. The second kappa shape index (κ2) is 9.13. The second-order valence-electron chi connectivity index (χ2n) is 8.62. The second-order valence-corrected chi connectivity index (χ2v) is 10.7. The van der Waals surface area contributed by atoms with Crippen LogP contribution in [-0.4, -0.2) is 65.0 Å². The Kier molecular flexibility index (Phi) is 6.52. The molecule has 30 heavy (non-hydrogen) atoms. The van der Waals surface area contributed by atoms with Crippen LogP contribution in [0.4, 0.5) is 0 Å². The summed E-state index contributed by atoms with van der Waals surface area (Å²) in [6, 6.07) is 0. The van der Waals surface area contributed by atoms with Gasteiger partial charge in [-0.1, -0.05) is 19.3 Å². The van der Waals surface area contributed by atoms with Crippen molar-refractivity contribution in [3.8, 4) is 0 Å². The van der Waals surface area contributed by atoms with Crippen LogP contribution < -0.4 is 0 Å². The maximum Gasteiger partial charge on any atom is 0.229 e. The maximum absolute atomic E-state index is 12.9. The van der Waals surface area contributed by atoms with E-state index in [0.29, 0.717) is 56.5 Å². The van der Waals surface area contributed by atoms with Crippen LogP contribution in [0.3, 0.4) is 0 Å². The fraction of sp³-hybridized carbons (Fsp3) is 0.800. The minimum Gasteiger partial charge on any atom is -0.425 e. The molecule has 2 amide bonds. The number of rotatable bonds is 6. The monoisotopic (exact) mass is 438 g/mol. The average Bonchev–Trinajstić information content (AvgIpc) is 3.24. The maximum atomic E-state index is 12.9. The van der Waals surface area contributed by atoms with Crippen LogP contribution in [0.2, 0.25) is 0 Å². The van der Waals surface area contributed by atoms with Gasteiger partial charge in [-0.15, -0.1) is 10.2 Å². The van der Waals surface area contributed by atoms with Gasteiger partial charge in [-0.25, -0.2) is 12.7 Å². The molecule has 0 N–H and O–H groups in total.